The Morgan fingerprint density at radius 3 is 2.53 bits per heavy atom. The van der Waals surface area contributed by atoms with Crippen LogP contribution in [0.25, 0.3) is 0 Å². The van der Waals surface area contributed by atoms with Crippen LogP contribution >= 0.6 is 11.6 Å². The molecule has 0 radical (unpaired) electrons. The lowest BCUT2D eigenvalue weighted by Crippen LogP contribution is -2.41. The van der Waals surface area contributed by atoms with Crippen molar-refractivity contribution in [3.05, 3.63) is 86.2 Å². The quantitative estimate of drug-likeness (QED) is 0.622. The number of nitrogens with one attached hydrogen (secondary N) is 1. The number of nitrogens with zero attached hydrogens (tertiary/aromatic N) is 2. The number of hydrogen-bond donors (Lipinski definition) is 1. The molecule has 30 heavy (non-hydrogen) atoms. The number of halogens is 1. The van der Waals surface area contributed by atoms with Crippen molar-refractivity contribution in [2.75, 3.05) is 19.5 Å². The fourth-order valence-corrected chi connectivity index (χ4v) is 3.06. The second kappa shape index (κ2) is 9.32. The highest BCUT2D eigenvalue weighted by Gasteiger charge is 2.13. The van der Waals surface area contributed by atoms with Crippen LogP contribution in [0.3, 0.4) is 0 Å². The number of rotatable bonds is 7. The summed E-state index contributed by atoms with van der Waals surface area (Å²) in [6, 6.07) is 13.2. The average Bonchev–Trinajstić information content (AvgIpc) is 2.74. The van der Waals surface area contributed by atoms with E-state index < -0.39 is 23.7 Å². The zero-order valence-electron chi connectivity index (χ0n) is 16.4. The van der Waals surface area contributed by atoms with Crippen molar-refractivity contribution in [1.29, 1.82) is 0 Å². The van der Waals surface area contributed by atoms with E-state index in [1.165, 1.54) is 31.0 Å². The van der Waals surface area contributed by atoms with Gasteiger partial charge in [-0.3, -0.25) is 18.7 Å². The van der Waals surface area contributed by atoms with Gasteiger partial charge in [-0.05, 0) is 23.8 Å². The first kappa shape index (κ1) is 21.2. The predicted molar refractivity (Wildman–Crippen MR) is 114 cm³/mol. The molecule has 1 aromatic heterocycles. The Kier molecular flexibility index (Phi) is 6.58. The lowest BCUT2D eigenvalue weighted by Gasteiger charge is -2.13. The average molecular weight is 430 g/mol. The highest BCUT2D eigenvalue weighted by atomic mass is 35.5. The van der Waals surface area contributed by atoms with Gasteiger partial charge in [-0.15, -0.1) is 0 Å². The van der Waals surface area contributed by atoms with Gasteiger partial charge in [0.15, 0.2) is 0 Å². The molecule has 0 atom stereocenters. The van der Waals surface area contributed by atoms with Gasteiger partial charge in [-0.25, -0.2) is 4.79 Å². The van der Waals surface area contributed by atoms with Crippen molar-refractivity contribution in [1.82, 2.24) is 9.13 Å². The van der Waals surface area contributed by atoms with E-state index >= 15 is 0 Å². The lowest BCUT2D eigenvalue weighted by atomic mass is 10.2. The highest BCUT2D eigenvalue weighted by Crippen LogP contribution is 2.28. The van der Waals surface area contributed by atoms with E-state index in [9.17, 15) is 14.4 Å². The van der Waals surface area contributed by atoms with Crippen LogP contribution in [0.2, 0.25) is 5.02 Å². The molecule has 1 N–H and O–H groups in total. The van der Waals surface area contributed by atoms with Gasteiger partial charge in [0.1, 0.15) is 18.0 Å². The maximum absolute atomic E-state index is 12.8. The van der Waals surface area contributed by atoms with Gasteiger partial charge < -0.3 is 14.8 Å². The van der Waals surface area contributed by atoms with Crippen molar-refractivity contribution < 1.29 is 14.3 Å². The number of carbonyl (C=O) groups excluding carboxylic acids is 1. The van der Waals surface area contributed by atoms with Gasteiger partial charge >= 0.3 is 5.69 Å². The standard InChI is InChI=1S/C21H20ClN3O5/c1-29-15-7-8-17(18(11-15)30-2)23-19(26)13-25-20(27)9-10-24(21(25)28)12-14-5-3-4-6-16(14)22/h3-11H,12-13H2,1-2H3,(H,23,26). The van der Waals surface area contributed by atoms with E-state index in [-0.39, 0.29) is 6.54 Å². The molecule has 3 aromatic rings. The molecule has 0 aliphatic rings. The molecular weight excluding hydrogens is 410 g/mol. The molecular formula is C21H20ClN3O5. The van der Waals surface area contributed by atoms with Gasteiger partial charge in [-0.2, -0.15) is 0 Å². The van der Waals surface area contributed by atoms with Gasteiger partial charge in [0.25, 0.3) is 5.56 Å². The Morgan fingerprint density at radius 2 is 1.83 bits per heavy atom. The maximum Gasteiger partial charge on any atom is 0.331 e. The fraction of sp³-hybridized carbons (Fsp3) is 0.190. The molecule has 0 saturated heterocycles. The molecule has 3 rings (SSSR count). The molecule has 0 bridgehead atoms. The van der Waals surface area contributed by atoms with Crippen molar-refractivity contribution in [2.24, 2.45) is 0 Å². The monoisotopic (exact) mass is 429 g/mol. The number of aromatic nitrogens is 2. The topological polar surface area (TPSA) is 91.6 Å². The molecule has 1 amide bonds. The van der Waals surface area contributed by atoms with E-state index in [2.05, 4.69) is 5.32 Å². The summed E-state index contributed by atoms with van der Waals surface area (Å²) < 4.78 is 12.6. The molecule has 0 unspecified atom stereocenters. The molecule has 0 aliphatic heterocycles. The summed E-state index contributed by atoms with van der Waals surface area (Å²) in [7, 11) is 2.97. The van der Waals surface area contributed by atoms with Crippen LogP contribution in [0.1, 0.15) is 5.56 Å². The van der Waals surface area contributed by atoms with Crippen molar-refractivity contribution >= 4 is 23.2 Å². The third-order valence-electron chi connectivity index (χ3n) is 4.42. The zero-order valence-corrected chi connectivity index (χ0v) is 17.2. The Labute approximate surface area is 177 Å². The van der Waals surface area contributed by atoms with E-state index in [0.717, 1.165) is 10.1 Å². The fourth-order valence-electron chi connectivity index (χ4n) is 2.87. The molecule has 9 heteroatoms. The number of amides is 1. The zero-order chi connectivity index (χ0) is 21.7. The molecule has 156 valence electrons. The minimum atomic E-state index is -0.612. The Hall–Kier alpha value is -3.52. The van der Waals surface area contributed by atoms with E-state index in [4.69, 9.17) is 21.1 Å². The summed E-state index contributed by atoms with van der Waals surface area (Å²) in [5, 5.41) is 3.15. The van der Waals surface area contributed by atoms with Crippen LogP contribution < -0.4 is 26.0 Å². The van der Waals surface area contributed by atoms with E-state index in [1.807, 2.05) is 0 Å². The number of anilines is 1. The van der Waals surface area contributed by atoms with Crippen LogP contribution in [-0.2, 0) is 17.9 Å². The largest absolute Gasteiger partial charge is 0.497 e. The first-order chi connectivity index (χ1) is 14.4. The van der Waals surface area contributed by atoms with E-state index in [1.54, 1.807) is 42.5 Å². The number of carbonyl (C=O) groups is 1. The van der Waals surface area contributed by atoms with E-state index in [0.29, 0.717) is 22.2 Å². The molecule has 1 heterocycles. The lowest BCUT2D eigenvalue weighted by molar-refractivity contribution is -0.116. The summed E-state index contributed by atoms with van der Waals surface area (Å²) >= 11 is 6.15. The van der Waals surface area contributed by atoms with Crippen molar-refractivity contribution in [3.8, 4) is 11.5 Å². The Morgan fingerprint density at radius 1 is 1.07 bits per heavy atom. The van der Waals surface area contributed by atoms with Gasteiger partial charge in [0.05, 0.1) is 26.5 Å². The van der Waals surface area contributed by atoms with Gasteiger partial charge in [0.2, 0.25) is 5.91 Å². The Balaban J connectivity index is 1.83. The summed E-state index contributed by atoms with van der Waals surface area (Å²) in [5.74, 6) is 0.402. The molecule has 0 saturated carbocycles. The number of ether oxygens (including phenoxy) is 2. The van der Waals surface area contributed by atoms with Crippen molar-refractivity contribution in [3.63, 3.8) is 0 Å². The minimum absolute atomic E-state index is 0.173. The third kappa shape index (κ3) is 4.72. The second-order valence-corrected chi connectivity index (χ2v) is 6.76. The molecule has 0 spiro atoms. The summed E-state index contributed by atoms with van der Waals surface area (Å²) in [6.45, 7) is -0.275. The first-order valence-corrected chi connectivity index (χ1v) is 9.36. The first-order valence-electron chi connectivity index (χ1n) is 8.98. The highest BCUT2D eigenvalue weighted by molar-refractivity contribution is 6.31. The van der Waals surface area contributed by atoms with Crippen LogP contribution in [0.4, 0.5) is 5.69 Å². The number of hydrogen-bond acceptors (Lipinski definition) is 5. The molecule has 0 aliphatic carbocycles. The summed E-state index contributed by atoms with van der Waals surface area (Å²) in [4.78, 5) is 37.5. The molecule has 2 aromatic carbocycles. The van der Waals surface area contributed by atoms with Crippen LogP contribution in [-0.4, -0.2) is 29.3 Å². The van der Waals surface area contributed by atoms with Crippen LogP contribution in [0.15, 0.2) is 64.3 Å². The van der Waals surface area contributed by atoms with Crippen LogP contribution in [0.5, 0.6) is 11.5 Å². The maximum atomic E-state index is 12.8. The second-order valence-electron chi connectivity index (χ2n) is 6.36. The SMILES string of the molecule is COc1ccc(NC(=O)Cn2c(=O)ccn(Cc3ccccc3Cl)c2=O)c(OC)c1. The molecule has 0 fully saturated rings. The smallest absolute Gasteiger partial charge is 0.331 e. The number of methoxy groups -OCH3 is 2. The van der Waals surface area contributed by atoms with Gasteiger partial charge in [-0.1, -0.05) is 29.8 Å². The molecule has 8 nitrogen and oxygen atoms in total. The third-order valence-corrected chi connectivity index (χ3v) is 4.79. The minimum Gasteiger partial charge on any atom is -0.497 e. The van der Waals surface area contributed by atoms with Crippen molar-refractivity contribution in [2.45, 2.75) is 13.1 Å². The van der Waals surface area contributed by atoms with Crippen LogP contribution in [0, 0.1) is 0 Å². The normalized spacial score (nSPS) is 10.5. The predicted octanol–water partition coefficient (Wildman–Crippen LogP) is 2.37. The summed E-state index contributed by atoms with van der Waals surface area (Å²) in [6.07, 6.45) is 1.38. The van der Waals surface area contributed by atoms with Gasteiger partial charge in [0, 0.05) is 23.4 Å². The summed E-state index contributed by atoms with van der Waals surface area (Å²) in [5.41, 5.74) is -0.0749. The number of benzene rings is 2. The Bertz CT molecular complexity index is 1190.